The Morgan fingerprint density at radius 2 is 1.58 bits per heavy atom. The van der Waals surface area contributed by atoms with Gasteiger partial charge in [0.1, 0.15) is 5.88 Å². The number of nitrogens with one attached hydrogen (secondary N) is 1. The van der Waals surface area contributed by atoms with Crippen molar-refractivity contribution in [2.75, 3.05) is 5.88 Å². The summed E-state index contributed by atoms with van der Waals surface area (Å²) < 4.78 is 0. The van der Waals surface area contributed by atoms with E-state index in [2.05, 4.69) is 5.32 Å². The zero-order valence-corrected chi connectivity index (χ0v) is 11.7. The Hall–Kier alpha value is -1.51. The van der Waals surface area contributed by atoms with Gasteiger partial charge in [0.15, 0.2) is 0 Å². The molecule has 2 aromatic rings. The average molecular weight is 294 g/mol. The summed E-state index contributed by atoms with van der Waals surface area (Å²) in [7, 11) is 0. The molecule has 2 rings (SSSR count). The van der Waals surface area contributed by atoms with E-state index in [9.17, 15) is 4.79 Å². The van der Waals surface area contributed by atoms with Gasteiger partial charge in [-0.25, -0.2) is 0 Å². The first-order valence-corrected chi connectivity index (χ1v) is 6.77. The predicted molar refractivity (Wildman–Crippen MR) is 78.6 cm³/mol. The van der Waals surface area contributed by atoms with Crippen LogP contribution in [0, 0.1) is 0 Å². The normalized spacial score (nSPS) is 11.9. The van der Waals surface area contributed by atoms with E-state index in [1.807, 2.05) is 42.5 Å². The Balaban J connectivity index is 2.34. The molecule has 19 heavy (non-hydrogen) atoms. The highest BCUT2D eigenvalue weighted by atomic mass is 35.5. The smallest absolute Gasteiger partial charge is 0.235 e. The number of benzene rings is 2. The number of amides is 1. The minimum atomic E-state index is -0.218. The number of carbonyl (C=O) groups is 1. The van der Waals surface area contributed by atoms with Gasteiger partial charge in [0.2, 0.25) is 5.91 Å². The molecule has 0 aliphatic rings. The summed E-state index contributed by atoms with van der Waals surface area (Å²) >= 11 is 11.4. The van der Waals surface area contributed by atoms with Crippen LogP contribution in [0.2, 0.25) is 5.02 Å². The van der Waals surface area contributed by atoms with Crippen molar-refractivity contribution in [1.29, 1.82) is 0 Å². The summed E-state index contributed by atoms with van der Waals surface area (Å²) in [5, 5.41) is 3.57. The summed E-state index contributed by atoms with van der Waals surface area (Å²) in [5.41, 5.74) is 1.97. The number of hydrogen-bond acceptors (Lipinski definition) is 1. The number of alkyl halides is 1. The van der Waals surface area contributed by atoms with Crippen molar-refractivity contribution in [2.24, 2.45) is 0 Å². The summed E-state index contributed by atoms with van der Waals surface area (Å²) in [5.74, 6) is -0.262. The predicted octanol–water partition coefficient (Wildman–Crippen LogP) is 3.78. The monoisotopic (exact) mass is 293 g/mol. The molecular formula is C15H13Cl2NO. The molecule has 0 radical (unpaired) electrons. The maximum absolute atomic E-state index is 11.6. The van der Waals surface area contributed by atoms with Crippen molar-refractivity contribution in [3.05, 3.63) is 70.7 Å². The molecule has 0 bridgehead atoms. The Bertz CT molecular complexity index is 540. The van der Waals surface area contributed by atoms with Crippen LogP contribution in [-0.2, 0) is 4.79 Å². The second kappa shape index (κ2) is 6.60. The fraction of sp³-hybridized carbons (Fsp3) is 0.133. The van der Waals surface area contributed by atoms with Gasteiger partial charge in [0.25, 0.3) is 0 Å². The lowest BCUT2D eigenvalue weighted by Crippen LogP contribution is -2.30. The van der Waals surface area contributed by atoms with Crippen molar-refractivity contribution in [2.45, 2.75) is 6.04 Å². The molecule has 1 amide bonds. The van der Waals surface area contributed by atoms with E-state index < -0.39 is 0 Å². The first-order chi connectivity index (χ1) is 9.20. The van der Waals surface area contributed by atoms with Gasteiger partial charge in [-0.2, -0.15) is 0 Å². The molecule has 0 unspecified atom stereocenters. The highest BCUT2D eigenvalue weighted by molar-refractivity contribution is 6.30. The summed E-state index contributed by atoms with van der Waals surface area (Å²) in [6.07, 6.45) is 0. The van der Waals surface area contributed by atoms with Gasteiger partial charge in [0.05, 0.1) is 6.04 Å². The Labute approximate surface area is 122 Å². The minimum absolute atomic E-state index is 0.0586. The van der Waals surface area contributed by atoms with Gasteiger partial charge in [-0.1, -0.05) is 54.1 Å². The molecule has 1 atom stereocenters. The van der Waals surface area contributed by atoms with Crippen molar-refractivity contribution in [3.63, 3.8) is 0 Å². The van der Waals surface area contributed by atoms with Crippen LogP contribution in [-0.4, -0.2) is 11.8 Å². The van der Waals surface area contributed by atoms with E-state index >= 15 is 0 Å². The van der Waals surface area contributed by atoms with Crippen LogP contribution in [0.5, 0.6) is 0 Å². The summed E-state index contributed by atoms with van der Waals surface area (Å²) in [6.45, 7) is 0. The Morgan fingerprint density at radius 3 is 2.16 bits per heavy atom. The SMILES string of the molecule is O=C(CCl)N[C@H](c1ccccc1)c1ccc(Cl)cc1. The average Bonchev–Trinajstić information content (AvgIpc) is 2.46. The third-order valence-electron chi connectivity index (χ3n) is 2.76. The van der Waals surface area contributed by atoms with Crippen molar-refractivity contribution < 1.29 is 4.79 Å². The molecular weight excluding hydrogens is 281 g/mol. The molecule has 98 valence electrons. The van der Waals surface area contributed by atoms with Gasteiger partial charge in [-0.05, 0) is 23.3 Å². The van der Waals surface area contributed by atoms with E-state index in [0.29, 0.717) is 5.02 Å². The zero-order chi connectivity index (χ0) is 13.7. The molecule has 2 nitrogen and oxygen atoms in total. The first kappa shape index (κ1) is 13.9. The number of halogens is 2. The van der Waals surface area contributed by atoms with Crippen LogP contribution in [0.3, 0.4) is 0 Å². The maximum Gasteiger partial charge on any atom is 0.235 e. The van der Waals surface area contributed by atoms with Crippen LogP contribution in [0.15, 0.2) is 54.6 Å². The fourth-order valence-corrected chi connectivity index (χ4v) is 2.06. The van der Waals surface area contributed by atoms with Crippen LogP contribution < -0.4 is 5.32 Å². The lowest BCUT2D eigenvalue weighted by molar-refractivity contribution is -0.119. The van der Waals surface area contributed by atoms with Gasteiger partial charge in [-0.15, -0.1) is 11.6 Å². The third-order valence-corrected chi connectivity index (χ3v) is 3.26. The number of hydrogen-bond donors (Lipinski definition) is 1. The second-order valence-corrected chi connectivity index (χ2v) is 4.80. The Morgan fingerprint density at radius 1 is 1.00 bits per heavy atom. The second-order valence-electron chi connectivity index (χ2n) is 4.10. The molecule has 0 heterocycles. The quantitative estimate of drug-likeness (QED) is 0.854. The maximum atomic E-state index is 11.6. The summed E-state index contributed by atoms with van der Waals surface area (Å²) in [6, 6.07) is 16.9. The molecule has 1 N–H and O–H groups in total. The van der Waals surface area contributed by atoms with Crippen LogP contribution in [0.4, 0.5) is 0 Å². The first-order valence-electron chi connectivity index (χ1n) is 5.86. The molecule has 2 aromatic carbocycles. The van der Waals surface area contributed by atoms with Crippen molar-refractivity contribution in [3.8, 4) is 0 Å². The molecule has 0 aliphatic carbocycles. The molecule has 0 aliphatic heterocycles. The minimum Gasteiger partial charge on any atom is -0.344 e. The molecule has 0 aromatic heterocycles. The number of carbonyl (C=O) groups excluding carboxylic acids is 1. The van der Waals surface area contributed by atoms with E-state index in [4.69, 9.17) is 23.2 Å². The van der Waals surface area contributed by atoms with E-state index in [1.165, 1.54) is 0 Å². The standard InChI is InChI=1S/C15H13Cl2NO/c16-10-14(19)18-15(11-4-2-1-3-5-11)12-6-8-13(17)9-7-12/h1-9,15H,10H2,(H,18,19)/t15-/m1/s1. The van der Waals surface area contributed by atoms with Gasteiger partial charge in [-0.3, -0.25) is 4.79 Å². The molecule has 0 saturated heterocycles. The van der Waals surface area contributed by atoms with E-state index in [1.54, 1.807) is 12.1 Å². The van der Waals surface area contributed by atoms with Gasteiger partial charge < -0.3 is 5.32 Å². The van der Waals surface area contributed by atoms with Gasteiger partial charge >= 0.3 is 0 Å². The Kier molecular flexibility index (Phi) is 4.83. The molecule has 0 fully saturated rings. The lowest BCUT2D eigenvalue weighted by atomic mass is 9.99. The third kappa shape index (κ3) is 3.72. The zero-order valence-electron chi connectivity index (χ0n) is 10.1. The largest absolute Gasteiger partial charge is 0.344 e. The number of rotatable bonds is 4. The van der Waals surface area contributed by atoms with Crippen LogP contribution in [0.25, 0.3) is 0 Å². The van der Waals surface area contributed by atoms with E-state index in [-0.39, 0.29) is 17.8 Å². The summed E-state index contributed by atoms with van der Waals surface area (Å²) in [4.78, 5) is 11.6. The lowest BCUT2D eigenvalue weighted by Gasteiger charge is -2.19. The highest BCUT2D eigenvalue weighted by Crippen LogP contribution is 2.23. The molecule has 0 spiro atoms. The fourth-order valence-electron chi connectivity index (χ4n) is 1.86. The topological polar surface area (TPSA) is 29.1 Å². The molecule has 4 heteroatoms. The van der Waals surface area contributed by atoms with Crippen LogP contribution >= 0.6 is 23.2 Å². The van der Waals surface area contributed by atoms with Crippen molar-refractivity contribution in [1.82, 2.24) is 5.32 Å². The van der Waals surface area contributed by atoms with Crippen LogP contribution in [0.1, 0.15) is 17.2 Å². The van der Waals surface area contributed by atoms with Gasteiger partial charge in [0, 0.05) is 5.02 Å². The van der Waals surface area contributed by atoms with Crippen molar-refractivity contribution >= 4 is 29.1 Å². The highest BCUT2D eigenvalue weighted by Gasteiger charge is 2.15. The molecule has 0 saturated carbocycles. The van der Waals surface area contributed by atoms with E-state index in [0.717, 1.165) is 11.1 Å².